The Morgan fingerprint density at radius 2 is 2.04 bits per heavy atom. The molecule has 7 heteroatoms. The number of hydrogen-bond acceptors (Lipinski definition) is 5. The summed E-state index contributed by atoms with van der Waals surface area (Å²) in [5.74, 6) is 0.0277. The van der Waals surface area contributed by atoms with Crippen molar-refractivity contribution in [3.05, 3.63) is 45.5 Å². The largest absolute Gasteiger partial charge is 0.497 e. The van der Waals surface area contributed by atoms with Crippen LogP contribution in [0.15, 0.2) is 22.6 Å². The lowest BCUT2D eigenvalue weighted by atomic mass is 9.95. The number of carbonyl (C=O) groups excluding carboxylic acids is 2. The van der Waals surface area contributed by atoms with Gasteiger partial charge in [0, 0.05) is 15.8 Å². The fourth-order valence-corrected chi connectivity index (χ4v) is 4.91. The molecule has 0 saturated heterocycles. The molecule has 2 amide bonds. The van der Waals surface area contributed by atoms with Crippen molar-refractivity contribution in [3.63, 3.8) is 0 Å². The summed E-state index contributed by atoms with van der Waals surface area (Å²) in [5.41, 5.74) is 8.36. The fraction of sp³-hybridized carbons (Fsp3) is 0.300. The number of furan rings is 1. The summed E-state index contributed by atoms with van der Waals surface area (Å²) in [6.45, 7) is 1.83. The maximum absolute atomic E-state index is 12.9. The van der Waals surface area contributed by atoms with Crippen LogP contribution in [0.1, 0.15) is 49.8 Å². The highest BCUT2D eigenvalue weighted by molar-refractivity contribution is 7.17. The lowest BCUT2D eigenvalue weighted by molar-refractivity contribution is 0.0998. The van der Waals surface area contributed by atoms with Gasteiger partial charge >= 0.3 is 0 Å². The molecule has 0 atom stereocenters. The van der Waals surface area contributed by atoms with Gasteiger partial charge in [-0.15, -0.1) is 11.3 Å². The van der Waals surface area contributed by atoms with E-state index in [0.29, 0.717) is 21.9 Å². The van der Waals surface area contributed by atoms with Gasteiger partial charge < -0.3 is 20.2 Å². The number of nitrogens with one attached hydrogen (secondary N) is 1. The van der Waals surface area contributed by atoms with Crippen LogP contribution >= 0.6 is 11.3 Å². The number of nitrogens with two attached hydrogens (primary N) is 1. The van der Waals surface area contributed by atoms with E-state index in [1.165, 1.54) is 11.3 Å². The van der Waals surface area contributed by atoms with E-state index in [1.54, 1.807) is 19.2 Å². The molecule has 0 aliphatic heterocycles. The van der Waals surface area contributed by atoms with Crippen LogP contribution in [0.4, 0.5) is 5.00 Å². The molecule has 3 N–H and O–H groups in total. The van der Waals surface area contributed by atoms with Crippen molar-refractivity contribution in [1.82, 2.24) is 0 Å². The van der Waals surface area contributed by atoms with Crippen LogP contribution in [0, 0.1) is 6.92 Å². The van der Waals surface area contributed by atoms with E-state index in [1.807, 2.05) is 13.0 Å². The zero-order valence-corrected chi connectivity index (χ0v) is 16.0. The molecule has 0 saturated carbocycles. The van der Waals surface area contributed by atoms with Crippen LogP contribution in [0.25, 0.3) is 11.0 Å². The summed E-state index contributed by atoms with van der Waals surface area (Å²) >= 11 is 1.44. The van der Waals surface area contributed by atoms with E-state index < -0.39 is 5.91 Å². The highest BCUT2D eigenvalue weighted by Gasteiger charge is 2.26. The highest BCUT2D eigenvalue weighted by Crippen LogP contribution is 2.38. The van der Waals surface area contributed by atoms with E-state index >= 15 is 0 Å². The first-order chi connectivity index (χ1) is 13.0. The van der Waals surface area contributed by atoms with E-state index in [-0.39, 0.29) is 11.7 Å². The van der Waals surface area contributed by atoms with Crippen LogP contribution < -0.4 is 15.8 Å². The van der Waals surface area contributed by atoms with E-state index in [4.69, 9.17) is 14.9 Å². The van der Waals surface area contributed by atoms with Gasteiger partial charge in [0.05, 0.1) is 12.7 Å². The molecule has 0 unspecified atom stereocenters. The van der Waals surface area contributed by atoms with Crippen LogP contribution in [0.3, 0.4) is 0 Å². The molecule has 140 valence electrons. The average molecular weight is 384 g/mol. The Balaban J connectivity index is 1.71. The molecule has 1 aromatic carbocycles. The monoisotopic (exact) mass is 384 g/mol. The molecule has 3 aromatic rings. The SMILES string of the molecule is COc1ccc2oc(C(=O)Nc3sc4c(c3C(N)=O)CCCC4)c(C)c2c1. The second-order valence-electron chi connectivity index (χ2n) is 6.65. The number of thiophene rings is 1. The highest BCUT2D eigenvalue weighted by atomic mass is 32.1. The molecule has 0 spiro atoms. The Morgan fingerprint density at radius 1 is 1.26 bits per heavy atom. The van der Waals surface area contributed by atoms with Crippen molar-refractivity contribution in [2.75, 3.05) is 12.4 Å². The van der Waals surface area contributed by atoms with Crippen LogP contribution in [0.5, 0.6) is 5.75 Å². The predicted molar refractivity (Wildman–Crippen MR) is 105 cm³/mol. The zero-order chi connectivity index (χ0) is 19.1. The lowest BCUT2D eigenvalue weighted by Crippen LogP contribution is -2.18. The number of anilines is 1. The average Bonchev–Trinajstić information content (AvgIpc) is 3.18. The van der Waals surface area contributed by atoms with Gasteiger partial charge in [0.1, 0.15) is 16.3 Å². The van der Waals surface area contributed by atoms with Gasteiger partial charge in [-0.2, -0.15) is 0 Å². The third-order valence-corrected chi connectivity index (χ3v) is 6.20. The van der Waals surface area contributed by atoms with Crippen molar-refractivity contribution in [3.8, 4) is 5.75 Å². The normalized spacial score (nSPS) is 13.4. The molecule has 4 rings (SSSR count). The second kappa shape index (κ2) is 6.74. The third kappa shape index (κ3) is 2.98. The summed E-state index contributed by atoms with van der Waals surface area (Å²) in [6, 6.07) is 5.39. The number of aryl methyl sites for hydroxylation is 2. The maximum Gasteiger partial charge on any atom is 0.292 e. The molecule has 0 radical (unpaired) electrons. The third-order valence-electron chi connectivity index (χ3n) is 4.99. The number of primary amides is 1. The number of benzene rings is 1. The molecule has 0 bridgehead atoms. The topological polar surface area (TPSA) is 94.6 Å². The Hall–Kier alpha value is -2.80. The molecule has 27 heavy (non-hydrogen) atoms. The van der Waals surface area contributed by atoms with Gasteiger partial charge in [-0.3, -0.25) is 9.59 Å². The van der Waals surface area contributed by atoms with Crippen molar-refractivity contribution in [2.24, 2.45) is 5.73 Å². The summed E-state index contributed by atoms with van der Waals surface area (Å²) in [5, 5.41) is 4.18. The van der Waals surface area contributed by atoms with Crippen LogP contribution in [-0.2, 0) is 12.8 Å². The lowest BCUT2D eigenvalue weighted by Gasteiger charge is -2.11. The van der Waals surface area contributed by atoms with Crippen molar-refractivity contribution >= 4 is 39.1 Å². The second-order valence-corrected chi connectivity index (χ2v) is 7.76. The summed E-state index contributed by atoms with van der Waals surface area (Å²) in [7, 11) is 1.59. The molecule has 6 nitrogen and oxygen atoms in total. The number of ether oxygens (including phenoxy) is 1. The molecular weight excluding hydrogens is 364 g/mol. The Morgan fingerprint density at radius 3 is 2.78 bits per heavy atom. The first kappa shape index (κ1) is 17.6. The fourth-order valence-electron chi connectivity index (χ4n) is 3.62. The van der Waals surface area contributed by atoms with E-state index in [2.05, 4.69) is 5.32 Å². The summed E-state index contributed by atoms with van der Waals surface area (Å²) in [6.07, 6.45) is 3.86. The molecular formula is C20H20N2O4S. The van der Waals surface area contributed by atoms with Crippen molar-refractivity contribution < 1.29 is 18.7 Å². The standard InChI is InChI=1S/C20H20N2O4S/c1-10-13-9-11(25-2)7-8-14(13)26-17(10)19(24)22-20-16(18(21)23)12-5-3-4-6-15(12)27-20/h7-9H,3-6H2,1-2H3,(H2,21,23)(H,22,24). The van der Waals surface area contributed by atoms with Crippen LogP contribution in [-0.4, -0.2) is 18.9 Å². The minimum Gasteiger partial charge on any atom is -0.497 e. The number of fused-ring (bicyclic) bond motifs is 2. The number of amides is 2. The molecule has 1 aliphatic rings. The quantitative estimate of drug-likeness (QED) is 0.710. The summed E-state index contributed by atoms with van der Waals surface area (Å²) in [4.78, 5) is 26.0. The summed E-state index contributed by atoms with van der Waals surface area (Å²) < 4.78 is 11.0. The maximum atomic E-state index is 12.9. The van der Waals surface area contributed by atoms with Crippen LogP contribution in [0.2, 0.25) is 0 Å². The van der Waals surface area contributed by atoms with Crippen molar-refractivity contribution in [1.29, 1.82) is 0 Å². The number of hydrogen-bond donors (Lipinski definition) is 2. The molecule has 2 heterocycles. The van der Waals surface area contributed by atoms with Gasteiger partial charge in [0.15, 0.2) is 5.76 Å². The minimum absolute atomic E-state index is 0.222. The zero-order valence-electron chi connectivity index (χ0n) is 15.2. The molecule has 1 aliphatic carbocycles. The van der Waals surface area contributed by atoms with Gasteiger partial charge in [-0.05, 0) is 56.4 Å². The van der Waals surface area contributed by atoms with Gasteiger partial charge in [-0.25, -0.2) is 0 Å². The molecule has 2 aromatic heterocycles. The first-order valence-electron chi connectivity index (χ1n) is 8.82. The number of rotatable bonds is 4. The molecule has 0 fully saturated rings. The first-order valence-corrected chi connectivity index (χ1v) is 9.64. The van der Waals surface area contributed by atoms with Crippen molar-refractivity contribution in [2.45, 2.75) is 32.6 Å². The Labute approximate surface area is 160 Å². The Kier molecular flexibility index (Phi) is 4.39. The minimum atomic E-state index is -0.504. The van der Waals surface area contributed by atoms with E-state index in [0.717, 1.165) is 47.1 Å². The van der Waals surface area contributed by atoms with Gasteiger partial charge in [0.25, 0.3) is 11.8 Å². The smallest absolute Gasteiger partial charge is 0.292 e. The number of carbonyl (C=O) groups is 2. The predicted octanol–water partition coefficient (Wildman–Crippen LogP) is 4.04. The van der Waals surface area contributed by atoms with E-state index in [9.17, 15) is 9.59 Å². The van der Waals surface area contributed by atoms with Gasteiger partial charge in [-0.1, -0.05) is 0 Å². The number of methoxy groups -OCH3 is 1. The van der Waals surface area contributed by atoms with Gasteiger partial charge in [0.2, 0.25) is 0 Å². The Bertz CT molecular complexity index is 1060.